The van der Waals surface area contributed by atoms with Gasteiger partial charge in [-0.3, -0.25) is 4.79 Å². The van der Waals surface area contributed by atoms with Crippen LogP contribution in [-0.2, 0) is 13.8 Å². The molecule has 2 rings (SSSR count). The van der Waals surface area contributed by atoms with E-state index in [0.717, 1.165) is 0 Å². The van der Waals surface area contributed by atoms with E-state index in [9.17, 15) is 13.2 Å². The van der Waals surface area contributed by atoms with Gasteiger partial charge in [-0.1, -0.05) is 0 Å². The van der Waals surface area contributed by atoms with E-state index in [0.29, 0.717) is 11.4 Å². The van der Waals surface area contributed by atoms with Crippen molar-refractivity contribution in [3.05, 3.63) is 18.2 Å². The molecule has 0 fully saturated rings. The number of nitrogens with zero attached hydrogens (tertiary/aromatic N) is 1. The van der Waals surface area contributed by atoms with Crippen LogP contribution < -0.4 is 9.64 Å². The first kappa shape index (κ1) is 12.2. The van der Waals surface area contributed by atoms with Crippen LogP contribution in [0.2, 0.25) is 0 Å². The Labute approximate surface area is 103 Å². The standard InChI is InChI=1S/C10H10ClNO4S/c1-6-10(13)12(2)8-4-3-7(17(11,14)15)5-9(8)16-6/h3-6H,1-2H3. The lowest BCUT2D eigenvalue weighted by Gasteiger charge is -2.30. The number of hydrogen-bond acceptors (Lipinski definition) is 4. The fraction of sp³-hybridized carbons (Fsp3) is 0.300. The molecule has 0 aliphatic carbocycles. The maximum absolute atomic E-state index is 11.6. The number of rotatable bonds is 1. The first-order valence-electron chi connectivity index (χ1n) is 4.83. The normalized spacial score (nSPS) is 19.8. The molecular formula is C10H10ClNO4S. The summed E-state index contributed by atoms with van der Waals surface area (Å²) >= 11 is 0. The van der Waals surface area contributed by atoms with Crippen LogP contribution in [0.4, 0.5) is 5.69 Å². The Hall–Kier alpha value is -1.27. The minimum atomic E-state index is -3.80. The number of amides is 1. The molecule has 0 saturated carbocycles. The molecule has 0 radical (unpaired) electrons. The maximum Gasteiger partial charge on any atom is 0.267 e. The van der Waals surface area contributed by atoms with E-state index in [-0.39, 0.29) is 10.8 Å². The van der Waals surface area contributed by atoms with E-state index >= 15 is 0 Å². The van der Waals surface area contributed by atoms with Gasteiger partial charge in [0.15, 0.2) is 6.10 Å². The van der Waals surface area contributed by atoms with Gasteiger partial charge < -0.3 is 9.64 Å². The van der Waals surface area contributed by atoms with Gasteiger partial charge in [-0.2, -0.15) is 0 Å². The van der Waals surface area contributed by atoms with Crippen molar-refractivity contribution in [2.45, 2.75) is 17.9 Å². The van der Waals surface area contributed by atoms with E-state index in [1.807, 2.05) is 0 Å². The third-order valence-corrected chi connectivity index (χ3v) is 3.91. The zero-order valence-corrected chi connectivity index (χ0v) is 10.7. The summed E-state index contributed by atoms with van der Waals surface area (Å²) in [5, 5.41) is 0. The Kier molecular flexibility index (Phi) is 2.79. The molecule has 1 atom stereocenters. The molecule has 1 amide bonds. The second kappa shape index (κ2) is 3.89. The Morgan fingerprint density at radius 3 is 2.65 bits per heavy atom. The number of fused-ring (bicyclic) bond motifs is 1. The summed E-state index contributed by atoms with van der Waals surface area (Å²) in [6.07, 6.45) is -0.638. The number of hydrogen-bond donors (Lipinski definition) is 0. The lowest BCUT2D eigenvalue weighted by Crippen LogP contribution is -2.41. The number of likely N-dealkylation sites (N-methyl/N-ethyl adjacent to an activating group) is 1. The van der Waals surface area contributed by atoms with Gasteiger partial charge in [0.2, 0.25) is 0 Å². The fourth-order valence-electron chi connectivity index (χ4n) is 1.65. The second-order valence-corrected chi connectivity index (χ2v) is 6.29. The van der Waals surface area contributed by atoms with Crippen LogP contribution in [0.5, 0.6) is 5.75 Å². The predicted molar refractivity (Wildman–Crippen MR) is 63.0 cm³/mol. The van der Waals surface area contributed by atoms with Crippen molar-refractivity contribution < 1.29 is 17.9 Å². The molecule has 0 saturated heterocycles. The van der Waals surface area contributed by atoms with E-state index in [1.165, 1.54) is 23.1 Å². The van der Waals surface area contributed by atoms with Crippen LogP contribution in [0.1, 0.15) is 6.92 Å². The molecular weight excluding hydrogens is 266 g/mol. The van der Waals surface area contributed by atoms with Crippen LogP contribution in [0.3, 0.4) is 0 Å². The fourth-order valence-corrected chi connectivity index (χ4v) is 2.42. The molecule has 7 heteroatoms. The molecule has 5 nitrogen and oxygen atoms in total. The second-order valence-electron chi connectivity index (χ2n) is 3.72. The van der Waals surface area contributed by atoms with Crippen molar-refractivity contribution in [1.82, 2.24) is 0 Å². The monoisotopic (exact) mass is 275 g/mol. The highest BCUT2D eigenvalue weighted by Gasteiger charge is 2.29. The summed E-state index contributed by atoms with van der Waals surface area (Å²) in [4.78, 5) is 13.0. The summed E-state index contributed by atoms with van der Waals surface area (Å²) in [6.45, 7) is 1.60. The molecule has 1 aromatic rings. The quantitative estimate of drug-likeness (QED) is 0.726. The number of carbonyl (C=O) groups is 1. The number of benzene rings is 1. The van der Waals surface area contributed by atoms with Crippen molar-refractivity contribution in [1.29, 1.82) is 0 Å². The molecule has 0 spiro atoms. The molecule has 1 aliphatic heterocycles. The van der Waals surface area contributed by atoms with E-state index < -0.39 is 15.2 Å². The van der Waals surface area contributed by atoms with Crippen LogP contribution in [0, 0.1) is 0 Å². The van der Waals surface area contributed by atoms with Crippen LogP contribution in [0.15, 0.2) is 23.1 Å². The van der Waals surface area contributed by atoms with Crippen molar-refractivity contribution in [2.24, 2.45) is 0 Å². The van der Waals surface area contributed by atoms with Crippen LogP contribution >= 0.6 is 10.7 Å². The number of ether oxygens (including phenoxy) is 1. The molecule has 1 aliphatic rings. The number of carbonyl (C=O) groups excluding carboxylic acids is 1. The number of anilines is 1. The van der Waals surface area contributed by atoms with E-state index in [1.54, 1.807) is 14.0 Å². The van der Waals surface area contributed by atoms with Crippen molar-refractivity contribution in [2.75, 3.05) is 11.9 Å². The summed E-state index contributed by atoms with van der Waals surface area (Å²) < 4.78 is 27.7. The highest BCUT2D eigenvalue weighted by molar-refractivity contribution is 8.13. The average Bonchev–Trinajstić information content (AvgIpc) is 2.24. The van der Waals surface area contributed by atoms with Crippen molar-refractivity contribution in [3.8, 4) is 5.75 Å². The van der Waals surface area contributed by atoms with Crippen LogP contribution in [0.25, 0.3) is 0 Å². The third-order valence-electron chi connectivity index (χ3n) is 2.56. The smallest absolute Gasteiger partial charge is 0.267 e. The Morgan fingerprint density at radius 2 is 2.06 bits per heavy atom. The first-order chi connectivity index (χ1) is 7.80. The molecule has 0 aromatic heterocycles. The van der Waals surface area contributed by atoms with Gasteiger partial charge in [-0.05, 0) is 19.1 Å². The van der Waals surface area contributed by atoms with Crippen molar-refractivity contribution >= 4 is 31.3 Å². The molecule has 92 valence electrons. The van der Waals surface area contributed by atoms with Gasteiger partial charge in [0, 0.05) is 23.8 Å². The van der Waals surface area contributed by atoms with E-state index in [2.05, 4.69) is 0 Å². The summed E-state index contributed by atoms with van der Waals surface area (Å²) in [7, 11) is 3.05. The lowest BCUT2D eigenvalue weighted by atomic mass is 10.2. The van der Waals surface area contributed by atoms with Gasteiger partial charge in [0.25, 0.3) is 15.0 Å². The van der Waals surface area contributed by atoms with Gasteiger partial charge in [0.05, 0.1) is 10.6 Å². The molecule has 1 unspecified atom stereocenters. The summed E-state index contributed by atoms with van der Waals surface area (Å²) in [5.41, 5.74) is 0.525. The summed E-state index contributed by atoms with van der Waals surface area (Å²) in [6, 6.07) is 4.15. The van der Waals surface area contributed by atoms with Gasteiger partial charge in [-0.25, -0.2) is 8.42 Å². The van der Waals surface area contributed by atoms with Gasteiger partial charge in [0.1, 0.15) is 5.75 Å². The largest absolute Gasteiger partial charge is 0.479 e. The van der Waals surface area contributed by atoms with Gasteiger partial charge >= 0.3 is 0 Å². The zero-order valence-electron chi connectivity index (χ0n) is 9.18. The molecule has 17 heavy (non-hydrogen) atoms. The highest BCUT2D eigenvalue weighted by atomic mass is 35.7. The van der Waals surface area contributed by atoms with E-state index in [4.69, 9.17) is 15.4 Å². The third kappa shape index (κ3) is 2.10. The molecule has 0 bridgehead atoms. The molecule has 1 heterocycles. The topological polar surface area (TPSA) is 63.7 Å². The minimum Gasteiger partial charge on any atom is -0.479 e. The Morgan fingerprint density at radius 1 is 1.41 bits per heavy atom. The zero-order chi connectivity index (χ0) is 12.8. The Bertz CT molecular complexity index is 584. The average molecular weight is 276 g/mol. The summed E-state index contributed by atoms with van der Waals surface area (Å²) in [5.74, 6) is 0.153. The SMILES string of the molecule is CC1Oc2cc(S(=O)(=O)Cl)ccc2N(C)C1=O. The highest BCUT2D eigenvalue weighted by Crippen LogP contribution is 2.35. The molecule has 0 N–H and O–H groups in total. The minimum absolute atomic E-state index is 0.0483. The predicted octanol–water partition coefficient (Wildman–Crippen LogP) is 1.36. The first-order valence-corrected chi connectivity index (χ1v) is 7.14. The van der Waals surface area contributed by atoms with Crippen molar-refractivity contribution in [3.63, 3.8) is 0 Å². The van der Waals surface area contributed by atoms with Crippen LogP contribution in [-0.4, -0.2) is 27.5 Å². The Balaban J connectivity index is 2.55. The number of halogens is 1. The lowest BCUT2D eigenvalue weighted by molar-refractivity contribution is -0.125. The molecule has 1 aromatic carbocycles. The maximum atomic E-state index is 11.6. The van der Waals surface area contributed by atoms with Gasteiger partial charge in [-0.15, -0.1) is 0 Å².